The van der Waals surface area contributed by atoms with Crippen LogP contribution in [0.15, 0.2) is 18.2 Å². The number of benzene rings is 2. The smallest absolute Gasteiger partial charge is 0.202 e. The maximum absolute atomic E-state index is 13.8. The standard InChI is InChI=1S/C31H37NO10.ClH/c1-6-32(7-2)18-11-21(41-14(3)26(18)34)42-20-13-31(39,15(4)33)12-17-23(20)30(38)25-24(28(17)36)27(35)16-9-8-10-19(40-5)22(16)29(25)37;/h8-10,14,18,20-21,26,34,36,38-39H,6-7,11-13H2,1-5H3;1H/t14-,18-,20-,21-,26+,31-;/m0./s1. The second-order valence-electron chi connectivity index (χ2n) is 11.3. The largest absolute Gasteiger partial charge is 0.507 e. The summed E-state index contributed by atoms with van der Waals surface area (Å²) in [4.78, 5) is 42.1. The van der Waals surface area contributed by atoms with Crippen molar-refractivity contribution in [3.63, 3.8) is 0 Å². The van der Waals surface area contributed by atoms with Crippen molar-refractivity contribution in [1.29, 1.82) is 0 Å². The number of likely N-dealkylation sites (N-methyl/N-ethyl adjacent to an activating group) is 1. The third kappa shape index (κ3) is 5.22. The van der Waals surface area contributed by atoms with Crippen molar-refractivity contribution in [3.8, 4) is 17.2 Å². The van der Waals surface area contributed by atoms with Gasteiger partial charge in [0.05, 0.1) is 42.1 Å². The fourth-order valence-corrected chi connectivity index (χ4v) is 6.66. The Kier molecular flexibility index (Phi) is 9.28. The van der Waals surface area contributed by atoms with Crippen LogP contribution < -0.4 is 4.74 Å². The van der Waals surface area contributed by atoms with Gasteiger partial charge in [0.25, 0.3) is 0 Å². The molecule has 1 heterocycles. The van der Waals surface area contributed by atoms with Crippen molar-refractivity contribution in [2.75, 3.05) is 20.2 Å². The van der Waals surface area contributed by atoms with E-state index in [1.165, 1.54) is 32.2 Å². The third-order valence-electron chi connectivity index (χ3n) is 9.00. The van der Waals surface area contributed by atoms with Gasteiger partial charge in [0.2, 0.25) is 5.78 Å². The number of hydrogen-bond donors (Lipinski definition) is 4. The molecule has 1 aliphatic heterocycles. The van der Waals surface area contributed by atoms with E-state index in [4.69, 9.17) is 14.2 Å². The number of fused-ring (bicyclic) bond motifs is 3. The summed E-state index contributed by atoms with van der Waals surface area (Å²) in [6.07, 6.45) is -3.98. The number of phenols is 2. The second-order valence-corrected chi connectivity index (χ2v) is 11.3. The summed E-state index contributed by atoms with van der Waals surface area (Å²) in [7, 11) is 1.35. The van der Waals surface area contributed by atoms with E-state index in [1.54, 1.807) is 6.92 Å². The molecule has 0 unspecified atom stereocenters. The highest BCUT2D eigenvalue weighted by Gasteiger charge is 2.49. The van der Waals surface area contributed by atoms with Crippen LogP contribution in [0, 0.1) is 0 Å². The van der Waals surface area contributed by atoms with E-state index in [0.29, 0.717) is 13.1 Å². The van der Waals surface area contributed by atoms with Crippen molar-refractivity contribution in [1.82, 2.24) is 4.90 Å². The molecule has 5 rings (SSSR count). The number of aliphatic hydroxyl groups is 2. The van der Waals surface area contributed by atoms with Crippen LogP contribution in [0.3, 0.4) is 0 Å². The number of rotatable bonds is 7. The van der Waals surface area contributed by atoms with Gasteiger partial charge in [0.1, 0.15) is 22.8 Å². The minimum atomic E-state index is -1.99. The van der Waals surface area contributed by atoms with Crippen LogP contribution in [0.25, 0.3) is 0 Å². The summed E-state index contributed by atoms with van der Waals surface area (Å²) in [6.45, 7) is 8.23. The predicted octanol–water partition coefficient (Wildman–Crippen LogP) is 2.83. The highest BCUT2D eigenvalue weighted by molar-refractivity contribution is 6.31. The minimum Gasteiger partial charge on any atom is -0.507 e. The average molecular weight is 620 g/mol. The van der Waals surface area contributed by atoms with Crippen LogP contribution in [-0.4, -0.2) is 93.0 Å². The molecule has 0 aromatic heterocycles. The van der Waals surface area contributed by atoms with Crippen molar-refractivity contribution in [2.45, 2.75) is 83.2 Å². The number of halogens is 1. The molecule has 0 saturated carbocycles. The molecule has 43 heavy (non-hydrogen) atoms. The van der Waals surface area contributed by atoms with Gasteiger partial charge in [-0.3, -0.25) is 19.3 Å². The van der Waals surface area contributed by atoms with Crippen LogP contribution in [0.5, 0.6) is 17.2 Å². The van der Waals surface area contributed by atoms with Crippen molar-refractivity contribution in [3.05, 3.63) is 51.6 Å². The van der Waals surface area contributed by atoms with Gasteiger partial charge in [-0.2, -0.15) is 0 Å². The number of aromatic hydroxyl groups is 2. The monoisotopic (exact) mass is 619 g/mol. The molecule has 1 saturated heterocycles. The lowest BCUT2D eigenvalue weighted by Gasteiger charge is -2.45. The molecule has 2 aliphatic carbocycles. The van der Waals surface area contributed by atoms with Gasteiger partial charge in [-0.05, 0) is 33.0 Å². The molecule has 0 bridgehead atoms. The maximum Gasteiger partial charge on any atom is 0.202 e. The van der Waals surface area contributed by atoms with Gasteiger partial charge in [-0.25, -0.2) is 0 Å². The normalized spacial score (nSPS) is 28.0. The van der Waals surface area contributed by atoms with Crippen LogP contribution in [0.2, 0.25) is 0 Å². The molecule has 2 aromatic rings. The van der Waals surface area contributed by atoms with Crippen molar-refractivity contribution >= 4 is 29.8 Å². The summed E-state index contributed by atoms with van der Waals surface area (Å²) in [5.74, 6) is -3.06. The molecule has 12 heteroatoms. The lowest BCUT2D eigenvalue weighted by atomic mass is 9.72. The zero-order chi connectivity index (χ0) is 30.7. The molecule has 1 fully saturated rings. The molecule has 0 spiro atoms. The summed E-state index contributed by atoms with van der Waals surface area (Å²) >= 11 is 0. The zero-order valence-electron chi connectivity index (χ0n) is 24.7. The van der Waals surface area contributed by atoms with Gasteiger partial charge in [0.15, 0.2) is 17.9 Å². The third-order valence-corrected chi connectivity index (χ3v) is 9.00. The number of ether oxygens (including phenoxy) is 3. The number of phenolic OH excluding ortho intramolecular Hbond substituents is 2. The van der Waals surface area contributed by atoms with E-state index in [1.807, 2.05) is 13.8 Å². The molecule has 0 radical (unpaired) electrons. The first-order valence-electron chi connectivity index (χ1n) is 14.2. The van der Waals surface area contributed by atoms with Gasteiger partial charge in [-0.15, -0.1) is 12.4 Å². The molecule has 234 valence electrons. The molecule has 6 atom stereocenters. The molecule has 11 nitrogen and oxygen atoms in total. The molecular weight excluding hydrogens is 582 g/mol. The van der Waals surface area contributed by atoms with Crippen LogP contribution in [0.4, 0.5) is 0 Å². The zero-order valence-corrected chi connectivity index (χ0v) is 25.6. The Labute approximate surface area is 255 Å². The predicted molar refractivity (Wildman–Crippen MR) is 156 cm³/mol. The quantitative estimate of drug-likeness (QED) is 0.288. The van der Waals surface area contributed by atoms with Gasteiger partial charge >= 0.3 is 0 Å². The number of aliphatic hydroxyl groups excluding tert-OH is 1. The Balaban J connectivity index is 0.00000423. The van der Waals surface area contributed by atoms with E-state index in [9.17, 15) is 34.8 Å². The van der Waals surface area contributed by atoms with Gasteiger partial charge in [-0.1, -0.05) is 26.0 Å². The SMILES string of the molecule is CCN(CC)[C@H]1C[C@H](O[C@H]2C[C@](O)(C(C)=O)Cc3c(O)c4c(c(O)c32)C(=O)c2c(OC)cccc2C4=O)O[C@@H](C)[C@H]1O.Cl. The van der Waals surface area contributed by atoms with Crippen LogP contribution in [-0.2, 0) is 20.7 Å². The molecule has 0 amide bonds. The molecule has 2 aromatic carbocycles. The fraction of sp³-hybridized carbons (Fsp3) is 0.516. The van der Waals surface area contributed by atoms with Gasteiger partial charge in [0, 0.05) is 42.0 Å². The first-order valence-corrected chi connectivity index (χ1v) is 14.2. The van der Waals surface area contributed by atoms with E-state index in [2.05, 4.69) is 4.90 Å². The lowest BCUT2D eigenvalue weighted by Crippen LogP contribution is -2.55. The lowest BCUT2D eigenvalue weighted by molar-refractivity contribution is -0.258. The van der Waals surface area contributed by atoms with Crippen LogP contribution in [0.1, 0.15) is 89.6 Å². The highest BCUT2D eigenvalue weighted by atomic mass is 35.5. The first kappa shape index (κ1) is 32.8. The molecule has 4 N–H and O–H groups in total. The summed E-state index contributed by atoms with van der Waals surface area (Å²) < 4.78 is 17.6. The number of ketones is 3. The second kappa shape index (κ2) is 12.1. The van der Waals surface area contributed by atoms with E-state index < -0.39 is 76.6 Å². The topological polar surface area (TPSA) is 163 Å². The summed E-state index contributed by atoms with van der Waals surface area (Å²) in [5.41, 5.74) is -2.90. The Morgan fingerprint density at radius 3 is 2.35 bits per heavy atom. The molecular formula is C31H38ClNO10. The number of hydrogen-bond acceptors (Lipinski definition) is 11. The maximum atomic E-state index is 13.8. The number of methoxy groups -OCH3 is 1. The van der Waals surface area contributed by atoms with E-state index >= 15 is 0 Å². The van der Waals surface area contributed by atoms with Crippen molar-refractivity contribution < 1.29 is 49.0 Å². The number of carbonyl (C=O) groups excluding carboxylic acids is 3. The summed E-state index contributed by atoms with van der Waals surface area (Å²) in [5, 5.41) is 45.3. The fourth-order valence-electron chi connectivity index (χ4n) is 6.66. The van der Waals surface area contributed by atoms with Crippen LogP contribution >= 0.6 is 12.4 Å². The summed E-state index contributed by atoms with van der Waals surface area (Å²) in [6, 6.07) is 4.18. The van der Waals surface area contributed by atoms with E-state index in [0.717, 1.165) is 0 Å². The first-order chi connectivity index (χ1) is 19.9. The Morgan fingerprint density at radius 1 is 1.09 bits per heavy atom. The average Bonchev–Trinajstić information content (AvgIpc) is 2.95. The van der Waals surface area contributed by atoms with Gasteiger partial charge < -0.3 is 34.6 Å². The minimum absolute atomic E-state index is 0. The number of Topliss-reactive ketones (excluding diaryl/α,β-unsaturated/α-hetero) is 1. The molecule has 3 aliphatic rings. The number of nitrogens with zero attached hydrogens (tertiary/aromatic N) is 1. The highest BCUT2D eigenvalue weighted by Crippen LogP contribution is 2.52. The Morgan fingerprint density at radius 2 is 1.74 bits per heavy atom. The van der Waals surface area contributed by atoms with E-state index in [-0.39, 0.29) is 59.3 Å². The number of carbonyl (C=O) groups is 3. The Bertz CT molecular complexity index is 1450. The van der Waals surface area contributed by atoms with Crippen molar-refractivity contribution in [2.24, 2.45) is 0 Å². The Hall–Kier alpha value is -3.06.